The second-order valence-electron chi connectivity index (χ2n) is 7.27. The number of nitrogens with one attached hydrogen (secondary N) is 1. The van der Waals surface area contributed by atoms with E-state index >= 15 is 0 Å². The predicted molar refractivity (Wildman–Crippen MR) is 123 cm³/mol. The van der Waals surface area contributed by atoms with Crippen LogP contribution in [0.15, 0.2) is 83.9 Å². The van der Waals surface area contributed by atoms with E-state index in [1.165, 1.54) is 0 Å². The maximum atomic E-state index is 14.4. The topological polar surface area (TPSA) is 90.3 Å². The molecule has 1 aromatic heterocycles. The smallest absolute Gasteiger partial charge is 0.259 e. The molecule has 3 aromatic carbocycles. The van der Waals surface area contributed by atoms with Gasteiger partial charge in [-0.1, -0.05) is 18.2 Å². The Labute approximate surface area is 190 Å². The summed E-state index contributed by atoms with van der Waals surface area (Å²) in [6, 6.07) is 19.5. The van der Waals surface area contributed by atoms with Gasteiger partial charge in [-0.25, -0.2) is 17.5 Å². The molecule has 0 radical (unpaired) electrons. The first-order valence-corrected chi connectivity index (χ1v) is 11.8. The molecule has 0 aliphatic carbocycles. The van der Waals surface area contributed by atoms with Gasteiger partial charge >= 0.3 is 0 Å². The summed E-state index contributed by atoms with van der Waals surface area (Å²) in [4.78, 5) is 13.1. The second kappa shape index (κ2) is 8.87. The number of methoxy groups -OCH3 is 1. The first kappa shape index (κ1) is 22.2. The maximum Gasteiger partial charge on any atom is 0.259 e. The van der Waals surface area contributed by atoms with Crippen molar-refractivity contribution in [2.75, 3.05) is 18.7 Å². The number of carbonyl (C=O) groups is 1. The van der Waals surface area contributed by atoms with Gasteiger partial charge < -0.3 is 10.1 Å². The number of carbonyl (C=O) groups excluding carboxylic acids is 1. The molecule has 7 nitrogen and oxygen atoms in total. The van der Waals surface area contributed by atoms with Crippen molar-refractivity contribution in [2.45, 2.75) is 4.90 Å². The highest BCUT2D eigenvalue weighted by Gasteiger charge is 2.21. The standard InChI is InChI=1S/C24H20FN3O4S/c1-32-18-10-8-16(9-11-18)23-20(15-28(27-23)17-6-4-3-5-7-17)24(29)26-22-14-19(33(2,30)31)12-13-21(22)25/h3-15H,1-2H3,(H,26,29). The van der Waals surface area contributed by atoms with E-state index in [2.05, 4.69) is 10.4 Å². The largest absolute Gasteiger partial charge is 0.497 e. The van der Waals surface area contributed by atoms with Crippen molar-refractivity contribution in [3.8, 4) is 22.7 Å². The number of hydrogen-bond donors (Lipinski definition) is 1. The van der Waals surface area contributed by atoms with E-state index in [0.717, 1.165) is 30.1 Å². The molecular formula is C24H20FN3O4S. The van der Waals surface area contributed by atoms with Gasteiger partial charge in [0.2, 0.25) is 0 Å². The zero-order valence-corrected chi connectivity index (χ0v) is 18.6. The minimum Gasteiger partial charge on any atom is -0.497 e. The summed E-state index contributed by atoms with van der Waals surface area (Å²) in [6.07, 6.45) is 2.56. The fourth-order valence-corrected chi connectivity index (χ4v) is 3.88. The molecule has 0 fully saturated rings. The second-order valence-corrected chi connectivity index (χ2v) is 9.28. The number of nitrogens with zero attached hydrogens (tertiary/aromatic N) is 2. The van der Waals surface area contributed by atoms with Crippen LogP contribution in [0.2, 0.25) is 0 Å². The van der Waals surface area contributed by atoms with Gasteiger partial charge in [-0.2, -0.15) is 5.10 Å². The van der Waals surface area contributed by atoms with E-state index in [9.17, 15) is 17.6 Å². The summed E-state index contributed by atoms with van der Waals surface area (Å²) in [6.45, 7) is 0. The van der Waals surface area contributed by atoms with E-state index in [4.69, 9.17) is 4.74 Å². The number of anilines is 1. The Morgan fingerprint density at radius 1 is 1.03 bits per heavy atom. The number of sulfone groups is 1. The Morgan fingerprint density at radius 2 is 1.73 bits per heavy atom. The highest BCUT2D eigenvalue weighted by atomic mass is 32.2. The third-order valence-electron chi connectivity index (χ3n) is 4.96. The molecule has 0 aliphatic heterocycles. The minimum atomic E-state index is -3.58. The molecule has 1 N–H and O–H groups in total. The maximum absolute atomic E-state index is 14.4. The molecule has 0 bridgehead atoms. The average molecular weight is 466 g/mol. The fraction of sp³-hybridized carbons (Fsp3) is 0.0833. The SMILES string of the molecule is COc1ccc(-c2nn(-c3ccccc3)cc2C(=O)Nc2cc(S(C)(=O)=O)ccc2F)cc1. The molecule has 168 valence electrons. The normalized spacial score (nSPS) is 11.2. The van der Waals surface area contributed by atoms with Gasteiger partial charge in [-0.05, 0) is 54.6 Å². The number of aromatic nitrogens is 2. The number of hydrogen-bond acceptors (Lipinski definition) is 5. The lowest BCUT2D eigenvalue weighted by atomic mass is 10.1. The van der Waals surface area contributed by atoms with Crippen molar-refractivity contribution in [3.05, 3.63) is 90.4 Å². The minimum absolute atomic E-state index is 0.102. The number of benzene rings is 3. The third kappa shape index (κ3) is 4.78. The zero-order chi connectivity index (χ0) is 23.6. The fourth-order valence-electron chi connectivity index (χ4n) is 3.24. The van der Waals surface area contributed by atoms with Crippen molar-refractivity contribution in [3.63, 3.8) is 0 Å². The van der Waals surface area contributed by atoms with Gasteiger partial charge in [-0.15, -0.1) is 0 Å². The Hall–Kier alpha value is -3.98. The van der Waals surface area contributed by atoms with Crippen LogP contribution in [-0.2, 0) is 9.84 Å². The molecule has 1 amide bonds. The molecule has 0 atom stereocenters. The van der Waals surface area contributed by atoms with E-state index in [-0.39, 0.29) is 16.1 Å². The summed E-state index contributed by atoms with van der Waals surface area (Å²) in [7, 11) is -2.03. The molecule has 0 saturated carbocycles. The molecule has 0 unspecified atom stereocenters. The van der Waals surface area contributed by atoms with Crippen molar-refractivity contribution >= 4 is 21.4 Å². The lowest BCUT2D eigenvalue weighted by molar-refractivity contribution is 0.102. The quantitative estimate of drug-likeness (QED) is 0.428. The predicted octanol–water partition coefficient (Wildman–Crippen LogP) is 4.34. The highest BCUT2D eigenvalue weighted by Crippen LogP contribution is 2.27. The van der Waals surface area contributed by atoms with Gasteiger partial charge in [-0.3, -0.25) is 4.79 Å². The lowest BCUT2D eigenvalue weighted by Crippen LogP contribution is -2.14. The van der Waals surface area contributed by atoms with Gasteiger partial charge in [0.1, 0.15) is 17.3 Å². The summed E-state index contributed by atoms with van der Waals surface area (Å²) in [5.74, 6) is -0.739. The number of para-hydroxylation sites is 1. The monoisotopic (exact) mass is 465 g/mol. The van der Waals surface area contributed by atoms with Crippen molar-refractivity contribution in [2.24, 2.45) is 0 Å². The Morgan fingerprint density at radius 3 is 2.36 bits per heavy atom. The molecule has 33 heavy (non-hydrogen) atoms. The molecule has 0 saturated heterocycles. The van der Waals surface area contributed by atoms with Crippen LogP contribution < -0.4 is 10.1 Å². The van der Waals surface area contributed by atoms with E-state index < -0.39 is 21.6 Å². The average Bonchev–Trinajstić information content (AvgIpc) is 3.26. The first-order valence-electron chi connectivity index (χ1n) is 9.87. The first-order chi connectivity index (χ1) is 15.8. The van der Waals surface area contributed by atoms with Crippen LogP contribution in [0.3, 0.4) is 0 Å². The molecular weight excluding hydrogens is 445 g/mol. The number of rotatable bonds is 6. The molecule has 9 heteroatoms. The molecule has 0 aliphatic rings. The lowest BCUT2D eigenvalue weighted by Gasteiger charge is -2.08. The summed E-state index contributed by atoms with van der Waals surface area (Å²) < 4.78 is 44.8. The number of ether oxygens (including phenoxy) is 1. The molecule has 4 rings (SSSR count). The van der Waals surface area contributed by atoms with Gasteiger partial charge in [0, 0.05) is 18.0 Å². The van der Waals surface area contributed by atoms with Crippen molar-refractivity contribution in [1.82, 2.24) is 9.78 Å². The van der Waals surface area contributed by atoms with Crippen LogP contribution in [0, 0.1) is 5.82 Å². The van der Waals surface area contributed by atoms with Gasteiger partial charge in [0.25, 0.3) is 5.91 Å². The van der Waals surface area contributed by atoms with Crippen LogP contribution in [-0.4, -0.2) is 37.5 Å². The van der Waals surface area contributed by atoms with Crippen LogP contribution in [0.4, 0.5) is 10.1 Å². The summed E-state index contributed by atoms with van der Waals surface area (Å²) in [5, 5.41) is 7.05. The van der Waals surface area contributed by atoms with Crippen LogP contribution in [0.1, 0.15) is 10.4 Å². The molecule has 4 aromatic rings. The Bertz CT molecular complexity index is 1420. The zero-order valence-electron chi connectivity index (χ0n) is 17.8. The Balaban J connectivity index is 1.77. The molecule has 1 heterocycles. The number of halogens is 1. The van der Waals surface area contributed by atoms with Crippen molar-refractivity contribution in [1.29, 1.82) is 0 Å². The van der Waals surface area contributed by atoms with Gasteiger partial charge in [0.15, 0.2) is 9.84 Å². The van der Waals surface area contributed by atoms with Crippen LogP contribution >= 0.6 is 0 Å². The van der Waals surface area contributed by atoms with Crippen LogP contribution in [0.25, 0.3) is 16.9 Å². The number of amides is 1. The van der Waals surface area contributed by atoms with E-state index in [1.807, 2.05) is 30.3 Å². The Kier molecular flexibility index (Phi) is 5.97. The highest BCUT2D eigenvalue weighted by molar-refractivity contribution is 7.90. The third-order valence-corrected chi connectivity index (χ3v) is 6.07. The van der Waals surface area contributed by atoms with Gasteiger partial charge in [0.05, 0.1) is 28.9 Å². The van der Waals surface area contributed by atoms with Crippen LogP contribution in [0.5, 0.6) is 5.75 Å². The summed E-state index contributed by atoms with van der Waals surface area (Å²) in [5.41, 5.74) is 1.71. The van der Waals surface area contributed by atoms with Crippen molar-refractivity contribution < 1.29 is 22.3 Å². The van der Waals surface area contributed by atoms with E-state index in [1.54, 1.807) is 42.3 Å². The molecule has 0 spiro atoms. The summed E-state index contributed by atoms with van der Waals surface area (Å²) >= 11 is 0. The van der Waals surface area contributed by atoms with E-state index in [0.29, 0.717) is 17.0 Å².